The molecule has 4 rings (SSSR count). The highest BCUT2D eigenvalue weighted by Gasteiger charge is 2.21. The maximum Gasteiger partial charge on any atom is 0.263 e. The van der Waals surface area contributed by atoms with Crippen molar-refractivity contribution in [2.45, 2.75) is 31.6 Å². The van der Waals surface area contributed by atoms with E-state index in [1.807, 2.05) is 43.4 Å². The number of aromatic nitrogens is 2. The summed E-state index contributed by atoms with van der Waals surface area (Å²) in [7, 11) is -1.95. The Bertz CT molecular complexity index is 1440. The number of amides is 1. The number of hydrogen-bond acceptors (Lipinski definition) is 4. The molecule has 0 radical (unpaired) electrons. The Morgan fingerprint density at radius 3 is 2.45 bits per heavy atom. The minimum atomic E-state index is -3.93. The predicted molar refractivity (Wildman–Crippen MR) is 131 cm³/mol. The first kappa shape index (κ1) is 22.5. The van der Waals surface area contributed by atoms with Crippen LogP contribution in [0.2, 0.25) is 0 Å². The molecule has 8 heteroatoms. The number of carbonyl (C=O) groups is 1. The van der Waals surface area contributed by atoms with E-state index in [1.54, 1.807) is 37.3 Å². The van der Waals surface area contributed by atoms with Crippen molar-refractivity contribution in [1.82, 2.24) is 9.55 Å². The number of anilines is 2. The van der Waals surface area contributed by atoms with Gasteiger partial charge in [0.1, 0.15) is 10.7 Å². The lowest BCUT2D eigenvalue weighted by atomic mass is 10.1. The van der Waals surface area contributed by atoms with Gasteiger partial charge in [0.25, 0.3) is 10.0 Å². The Hall–Kier alpha value is -3.65. The van der Waals surface area contributed by atoms with Crippen LogP contribution in [0.25, 0.3) is 11.0 Å². The maximum absolute atomic E-state index is 13.3. The molecule has 0 aliphatic heterocycles. The van der Waals surface area contributed by atoms with E-state index < -0.39 is 10.0 Å². The van der Waals surface area contributed by atoms with E-state index in [-0.39, 0.29) is 16.5 Å². The number of fused-ring (bicyclic) bond motifs is 1. The van der Waals surface area contributed by atoms with Crippen LogP contribution in [0.1, 0.15) is 23.9 Å². The van der Waals surface area contributed by atoms with Gasteiger partial charge in [-0.15, -0.1) is 0 Å². The van der Waals surface area contributed by atoms with Crippen molar-refractivity contribution >= 4 is 38.3 Å². The van der Waals surface area contributed by atoms with Gasteiger partial charge in [0.15, 0.2) is 0 Å². The van der Waals surface area contributed by atoms with Crippen molar-refractivity contribution in [1.29, 1.82) is 0 Å². The lowest BCUT2D eigenvalue weighted by Crippen LogP contribution is -2.18. The number of rotatable bonds is 7. The third-order valence-electron chi connectivity index (χ3n) is 5.50. The number of aryl methyl sites for hydroxylation is 4. The van der Waals surface area contributed by atoms with E-state index in [2.05, 4.69) is 14.6 Å². The van der Waals surface area contributed by atoms with E-state index in [4.69, 9.17) is 4.98 Å². The fourth-order valence-electron chi connectivity index (χ4n) is 3.85. The number of nitrogens with one attached hydrogen (secondary N) is 2. The normalized spacial score (nSPS) is 11.5. The second-order valence-corrected chi connectivity index (χ2v) is 9.67. The SMILES string of the molecule is CC(=O)Nc1ccc(C)cc1S(=O)(=O)Nc1ccccc1CCc1nc2ccccc2n1C. The van der Waals surface area contributed by atoms with E-state index in [9.17, 15) is 13.2 Å². The van der Waals surface area contributed by atoms with Crippen molar-refractivity contribution in [2.24, 2.45) is 7.05 Å². The summed E-state index contributed by atoms with van der Waals surface area (Å²) in [5.74, 6) is 0.596. The van der Waals surface area contributed by atoms with Crippen LogP contribution in [0.4, 0.5) is 11.4 Å². The number of imidazole rings is 1. The van der Waals surface area contributed by atoms with Gasteiger partial charge in [-0.2, -0.15) is 0 Å². The van der Waals surface area contributed by atoms with Crippen molar-refractivity contribution < 1.29 is 13.2 Å². The molecule has 1 amide bonds. The summed E-state index contributed by atoms with van der Waals surface area (Å²) in [6.07, 6.45) is 1.27. The fourth-order valence-corrected chi connectivity index (χ4v) is 5.20. The zero-order valence-electron chi connectivity index (χ0n) is 18.8. The van der Waals surface area contributed by atoms with Crippen LogP contribution in [-0.2, 0) is 34.7 Å². The Labute approximate surface area is 193 Å². The lowest BCUT2D eigenvalue weighted by Gasteiger charge is -2.16. The molecule has 0 saturated carbocycles. The molecule has 0 atom stereocenters. The van der Waals surface area contributed by atoms with Gasteiger partial charge in [0, 0.05) is 20.4 Å². The molecule has 0 saturated heterocycles. The fraction of sp³-hybridized carbons (Fsp3) is 0.200. The van der Waals surface area contributed by atoms with Crippen molar-refractivity contribution in [3.05, 3.63) is 83.7 Å². The molecule has 0 aliphatic carbocycles. The van der Waals surface area contributed by atoms with Crippen LogP contribution in [0.3, 0.4) is 0 Å². The highest BCUT2D eigenvalue weighted by atomic mass is 32.2. The maximum atomic E-state index is 13.3. The molecule has 0 spiro atoms. The van der Waals surface area contributed by atoms with Crippen molar-refractivity contribution in [2.75, 3.05) is 10.0 Å². The van der Waals surface area contributed by atoms with Gasteiger partial charge in [-0.3, -0.25) is 9.52 Å². The molecule has 2 N–H and O–H groups in total. The van der Waals surface area contributed by atoms with Gasteiger partial charge in [-0.1, -0.05) is 36.4 Å². The molecule has 0 aliphatic rings. The van der Waals surface area contributed by atoms with Crippen molar-refractivity contribution in [3.8, 4) is 0 Å². The summed E-state index contributed by atoms with van der Waals surface area (Å²) in [6.45, 7) is 3.15. The Morgan fingerprint density at radius 2 is 1.70 bits per heavy atom. The molecule has 170 valence electrons. The largest absolute Gasteiger partial charge is 0.331 e. The Balaban J connectivity index is 1.61. The molecule has 7 nitrogen and oxygen atoms in total. The standard InChI is InChI=1S/C25H26N4O3S/c1-17-12-14-22(26-18(2)30)24(16-17)33(31,32)28-20-9-5-4-8-19(20)13-15-25-27-21-10-6-7-11-23(21)29(25)3/h4-12,14,16,28H,13,15H2,1-3H3,(H,26,30). The number of para-hydroxylation sites is 3. The molecular formula is C25H26N4O3S. The number of benzene rings is 3. The van der Waals surface area contributed by atoms with E-state index in [1.165, 1.54) is 6.92 Å². The van der Waals surface area contributed by atoms with Gasteiger partial charge >= 0.3 is 0 Å². The van der Waals surface area contributed by atoms with Crippen LogP contribution in [0.5, 0.6) is 0 Å². The Kier molecular flexibility index (Phi) is 6.20. The average molecular weight is 463 g/mol. The smallest absolute Gasteiger partial charge is 0.263 e. The Morgan fingerprint density at radius 1 is 0.970 bits per heavy atom. The van der Waals surface area contributed by atoms with Crippen LogP contribution < -0.4 is 10.0 Å². The minimum absolute atomic E-state index is 0.0304. The number of carbonyl (C=O) groups excluding carboxylic acids is 1. The predicted octanol–water partition coefficient (Wildman–Crippen LogP) is 4.43. The van der Waals surface area contributed by atoms with Crippen LogP contribution >= 0.6 is 0 Å². The number of sulfonamides is 1. The topological polar surface area (TPSA) is 93.1 Å². The molecule has 0 bridgehead atoms. The monoisotopic (exact) mass is 462 g/mol. The molecule has 3 aromatic carbocycles. The quantitative estimate of drug-likeness (QED) is 0.425. The zero-order chi connectivity index (χ0) is 23.6. The van der Waals surface area contributed by atoms with Crippen LogP contribution in [0.15, 0.2) is 71.6 Å². The summed E-state index contributed by atoms with van der Waals surface area (Å²) in [5, 5.41) is 2.60. The van der Waals surface area contributed by atoms with Gasteiger partial charge in [0.2, 0.25) is 5.91 Å². The van der Waals surface area contributed by atoms with Gasteiger partial charge in [-0.05, 0) is 54.8 Å². The second-order valence-electron chi connectivity index (χ2n) is 8.02. The van der Waals surface area contributed by atoms with Crippen LogP contribution in [-0.4, -0.2) is 23.9 Å². The first-order valence-corrected chi connectivity index (χ1v) is 12.1. The first-order chi connectivity index (χ1) is 15.7. The molecule has 1 heterocycles. The first-order valence-electron chi connectivity index (χ1n) is 10.6. The second kappa shape index (κ2) is 9.07. The summed E-state index contributed by atoms with van der Waals surface area (Å²) >= 11 is 0. The third-order valence-corrected chi connectivity index (χ3v) is 6.90. The van der Waals surface area contributed by atoms with E-state index in [0.29, 0.717) is 18.5 Å². The molecule has 1 aromatic heterocycles. The minimum Gasteiger partial charge on any atom is -0.331 e. The average Bonchev–Trinajstić information content (AvgIpc) is 3.09. The van der Waals surface area contributed by atoms with Crippen LogP contribution in [0, 0.1) is 6.92 Å². The molecule has 33 heavy (non-hydrogen) atoms. The summed E-state index contributed by atoms with van der Waals surface area (Å²) in [4.78, 5) is 16.3. The highest BCUT2D eigenvalue weighted by Crippen LogP contribution is 2.27. The number of nitrogens with zero attached hydrogens (tertiary/aromatic N) is 2. The molecular weight excluding hydrogens is 436 g/mol. The summed E-state index contributed by atoms with van der Waals surface area (Å²) in [5.41, 5.74) is 4.39. The summed E-state index contributed by atoms with van der Waals surface area (Å²) in [6, 6.07) is 20.2. The molecule has 0 fully saturated rings. The zero-order valence-corrected chi connectivity index (χ0v) is 19.6. The van der Waals surface area contributed by atoms with E-state index in [0.717, 1.165) is 28.0 Å². The van der Waals surface area contributed by atoms with Gasteiger partial charge < -0.3 is 9.88 Å². The summed E-state index contributed by atoms with van der Waals surface area (Å²) < 4.78 is 31.3. The third kappa shape index (κ3) is 4.90. The molecule has 0 unspecified atom stereocenters. The number of hydrogen-bond donors (Lipinski definition) is 2. The molecule has 4 aromatic rings. The van der Waals surface area contributed by atoms with Gasteiger partial charge in [0.05, 0.1) is 22.4 Å². The lowest BCUT2D eigenvalue weighted by molar-refractivity contribution is -0.114. The highest BCUT2D eigenvalue weighted by molar-refractivity contribution is 7.92. The van der Waals surface area contributed by atoms with Crippen molar-refractivity contribution in [3.63, 3.8) is 0 Å². The van der Waals surface area contributed by atoms with Gasteiger partial charge in [-0.25, -0.2) is 13.4 Å². The van der Waals surface area contributed by atoms with E-state index >= 15 is 0 Å².